The van der Waals surface area contributed by atoms with Crippen LogP contribution in [0.1, 0.15) is 6.92 Å². The standard InChI is InChI=1S/C20H20BrN3O5S/c1-12-15(22-20(27)29-18-7-6-16(21)30-18)10-24(19(12)26)14-4-2-13(3-5-14)23-8-9-28-11-17(23)25/h2-7,12,15H,8-11H2,1H3,(H,22,27). The number of halogens is 1. The lowest BCUT2D eigenvalue weighted by molar-refractivity contribution is -0.125. The summed E-state index contributed by atoms with van der Waals surface area (Å²) in [5.74, 6) is -0.539. The first kappa shape index (κ1) is 20.8. The highest BCUT2D eigenvalue weighted by Gasteiger charge is 2.39. The van der Waals surface area contributed by atoms with Crippen molar-refractivity contribution in [2.45, 2.75) is 13.0 Å². The van der Waals surface area contributed by atoms with Crippen LogP contribution in [0.2, 0.25) is 0 Å². The van der Waals surface area contributed by atoms with Crippen LogP contribution in [0.25, 0.3) is 0 Å². The second-order valence-electron chi connectivity index (χ2n) is 7.05. The summed E-state index contributed by atoms with van der Waals surface area (Å²) in [6.07, 6.45) is -0.586. The molecule has 0 saturated carbocycles. The van der Waals surface area contributed by atoms with E-state index in [0.717, 1.165) is 15.2 Å². The molecule has 158 valence electrons. The highest BCUT2D eigenvalue weighted by atomic mass is 79.9. The minimum Gasteiger partial charge on any atom is -0.399 e. The van der Waals surface area contributed by atoms with Gasteiger partial charge in [0.2, 0.25) is 5.91 Å². The Hall–Kier alpha value is -2.43. The first-order chi connectivity index (χ1) is 14.4. The van der Waals surface area contributed by atoms with E-state index in [4.69, 9.17) is 9.47 Å². The molecule has 1 aromatic carbocycles. The van der Waals surface area contributed by atoms with Crippen LogP contribution in [-0.4, -0.2) is 50.3 Å². The van der Waals surface area contributed by atoms with Gasteiger partial charge in [-0.2, -0.15) is 0 Å². The van der Waals surface area contributed by atoms with Crippen LogP contribution in [0.5, 0.6) is 5.06 Å². The van der Waals surface area contributed by atoms with Gasteiger partial charge in [0.25, 0.3) is 5.91 Å². The molecule has 2 fully saturated rings. The molecule has 2 aliphatic heterocycles. The van der Waals surface area contributed by atoms with Gasteiger partial charge in [-0.1, -0.05) is 18.3 Å². The zero-order valence-electron chi connectivity index (χ0n) is 16.2. The Kier molecular flexibility index (Phi) is 6.07. The van der Waals surface area contributed by atoms with Gasteiger partial charge >= 0.3 is 6.09 Å². The average Bonchev–Trinajstić information content (AvgIpc) is 3.26. The van der Waals surface area contributed by atoms with E-state index in [1.165, 1.54) is 11.3 Å². The number of morpholine rings is 1. The van der Waals surface area contributed by atoms with Gasteiger partial charge in [-0.25, -0.2) is 4.79 Å². The van der Waals surface area contributed by atoms with Gasteiger partial charge in [0, 0.05) is 24.5 Å². The van der Waals surface area contributed by atoms with E-state index in [2.05, 4.69) is 21.2 Å². The fourth-order valence-corrected chi connectivity index (χ4v) is 4.69. The van der Waals surface area contributed by atoms with E-state index in [1.54, 1.807) is 28.9 Å². The summed E-state index contributed by atoms with van der Waals surface area (Å²) in [6.45, 7) is 3.22. The minimum atomic E-state index is -0.586. The predicted molar refractivity (Wildman–Crippen MR) is 116 cm³/mol. The molecule has 0 aliphatic carbocycles. The Morgan fingerprint density at radius 1 is 1.17 bits per heavy atom. The van der Waals surface area contributed by atoms with Crippen molar-refractivity contribution in [1.82, 2.24) is 5.32 Å². The van der Waals surface area contributed by atoms with Crippen molar-refractivity contribution in [3.63, 3.8) is 0 Å². The van der Waals surface area contributed by atoms with Crippen LogP contribution >= 0.6 is 27.3 Å². The highest BCUT2D eigenvalue weighted by molar-refractivity contribution is 9.11. The molecule has 1 aromatic heterocycles. The van der Waals surface area contributed by atoms with Crippen molar-refractivity contribution in [3.8, 4) is 5.06 Å². The van der Waals surface area contributed by atoms with Crippen LogP contribution in [0.3, 0.4) is 0 Å². The third-order valence-corrected chi connectivity index (χ3v) is 6.64. The Morgan fingerprint density at radius 2 is 1.87 bits per heavy atom. The molecule has 30 heavy (non-hydrogen) atoms. The summed E-state index contributed by atoms with van der Waals surface area (Å²) in [5, 5.41) is 3.26. The fraction of sp³-hybridized carbons (Fsp3) is 0.350. The van der Waals surface area contributed by atoms with Gasteiger partial charge in [0.15, 0.2) is 5.06 Å². The van der Waals surface area contributed by atoms with Crippen LogP contribution < -0.4 is 19.9 Å². The number of hydrogen-bond donors (Lipinski definition) is 1. The molecule has 3 heterocycles. The summed E-state index contributed by atoms with van der Waals surface area (Å²) in [5.41, 5.74) is 1.49. The first-order valence-corrected chi connectivity index (χ1v) is 11.1. The highest BCUT2D eigenvalue weighted by Crippen LogP contribution is 2.30. The average molecular weight is 494 g/mol. The maximum atomic E-state index is 12.7. The molecule has 0 spiro atoms. The number of carbonyl (C=O) groups excluding carboxylic acids is 3. The van der Waals surface area contributed by atoms with Crippen LogP contribution in [0.4, 0.5) is 16.2 Å². The minimum absolute atomic E-state index is 0.0747. The summed E-state index contributed by atoms with van der Waals surface area (Å²) in [7, 11) is 0. The molecule has 0 bridgehead atoms. The number of thiophene rings is 1. The van der Waals surface area contributed by atoms with Crippen LogP contribution in [-0.2, 0) is 14.3 Å². The maximum Gasteiger partial charge on any atom is 0.413 e. The molecule has 2 aliphatic rings. The SMILES string of the molecule is CC1C(=O)N(c2ccc(N3CCOCC3=O)cc2)CC1NC(=O)Oc1ccc(Br)s1. The van der Waals surface area contributed by atoms with E-state index >= 15 is 0 Å². The first-order valence-electron chi connectivity index (χ1n) is 9.45. The molecule has 10 heteroatoms. The summed E-state index contributed by atoms with van der Waals surface area (Å²) >= 11 is 4.63. The number of benzene rings is 1. The second-order valence-corrected chi connectivity index (χ2v) is 9.48. The number of anilines is 2. The quantitative estimate of drug-likeness (QED) is 0.706. The van der Waals surface area contributed by atoms with Gasteiger partial charge < -0.3 is 24.6 Å². The lowest BCUT2D eigenvalue weighted by Gasteiger charge is -2.27. The van der Waals surface area contributed by atoms with Crippen molar-refractivity contribution in [2.75, 3.05) is 36.1 Å². The van der Waals surface area contributed by atoms with Crippen molar-refractivity contribution >= 4 is 56.5 Å². The molecule has 2 aromatic rings. The molecule has 2 saturated heterocycles. The number of rotatable bonds is 4. The Balaban J connectivity index is 1.40. The molecule has 2 atom stereocenters. The molecule has 4 rings (SSSR count). The normalized spacial score (nSPS) is 21.8. The largest absolute Gasteiger partial charge is 0.413 e. The van der Waals surface area contributed by atoms with E-state index in [1.807, 2.05) is 24.3 Å². The van der Waals surface area contributed by atoms with E-state index in [9.17, 15) is 14.4 Å². The molecular weight excluding hydrogens is 474 g/mol. The van der Waals surface area contributed by atoms with Crippen LogP contribution in [0, 0.1) is 5.92 Å². The van der Waals surface area contributed by atoms with Gasteiger partial charge in [0.1, 0.15) is 6.61 Å². The Morgan fingerprint density at radius 3 is 2.50 bits per heavy atom. The summed E-state index contributed by atoms with van der Waals surface area (Å²) in [6, 6.07) is 10.4. The van der Waals surface area contributed by atoms with Gasteiger partial charge in [-0.05, 0) is 52.3 Å². The Labute approximate surface area is 185 Å². The molecule has 8 nitrogen and oxygen atoms in total. The monoisotopic (exact) mass is 493 g/mol. The fourth-order valence-electron chi connectivity index (χ4n) is 3.49. The van der Waals surface area contributed by atoms with Crippen molar-refractivity contribution in [3.05, 3.63) is 40.2 Å². The Bertz CT molecular complexity index is 964. The van der Waals surface area contributed by atoms with Gasteiger partial charge in [0.05, 0.1) is 22.4 Å². The molecule has 2 unspecified atom stereocenters. The topological polar surface area (TPSA) is 88.2 Å². The molecular formula is C20H20BrN3O5S. The second kappa shape index (κ2) is 8.75. The zero-order chi connectivity index (χ0) is 21.3. The molecule has 3 amide bonds. The number of ether oxygens (including phenoxy) is 2. The number of nitrogens with one attached hydrogen (secondary N) is 1. The third kappa shape index (κ3) is 4.35. The summed E-state index contributed by atoms with van der Waals surface area (Å²) in [4.78, 5) is 40.3. The number of amides is 3. The van der Waals surface area contributed by atoms with Crippen LogP contribution in [0.15, 0.2) is 40.2 Å². The lowest BCUT2D eigenvalue weighted by Crippen LogP contribution is -2.41. The van der Waals surface area contributed by atoms with Crippen molar-refractivity contribution in [2.24, 2.45) is 5.92 Å². The van der Waals surface area contributed by atoms with E-state index in [0.29, 0.717) is 24.8 Å². The van der Waals surface area contributed by atoms with E-state index < -0.39 is 6.09 Å². The third-order valence-electron chi connectivity index (χ3n) is 5.14. The number of nitrogens with zero attached hydrogens (tertiary/aromatic N) is 2. The number of carbonyl (C=O) groups is 3. The zero-order valence-corrected chi connectivity index (χ0v) is 18.6. The van der Waals surface area contributed by atoms with Crippen molar-refractivity contribution < 1.29 is 23.9 Å². The molecule has 1 N–H and O–H groups in total. The maximum absolute atomic E-state index is 12.7. The number of hydrogen-bond acceptors (Lipinski definition) is 6. The smallest absolute Gasteiger partial charge is 0.399 e. The van der Waals surface area contributed by atoms with Crippen molar-refractivity contribution in [1.29, 1.82) is 0 Å². The lowest BCUT2D eigenvalue weighted by atomic mass is 10.1. The predicted octanol–water partition coefficient (Wildman–Crippen LogP) is 3.01. The van der Waals surface area contributed by atoms with Gasteiger partial charge in [-0.3, -0.25) is 9.59 Å². The van der Waals surface area contributed by atoms with E-state index in [-0.39, 0.29) is 30.4 Å². The summed E-state index contributed by atoms with van der Waals surface area (Å²) < 4.78 is 11.3. The molecule has 0 radical (unpaired) electrons. The van der Waals surface area contributed by atoms with Gasteiger partial charge in [-0.15, -0.1) is 0 Å².